The Balaban J connectivity index is 2.04. The first-order valence-corrected chi connectivity index (χ1v) is 6.33. The van der Waals surface area contributed by atoms with E-state index < -0.39 is 0 Å². The van der Waals surface area contributed by atoms with Crippen molar-refractivity contribution in [1.82, 2.24) is 0 Å². The molecule has 0 heterocycles. The highest BCUT2D eigenvalue weighted by molar-refractivity contribution is 6.30. The van der Waals surface area contributed by atoms with Crippen LogP contribution in [0.2, 0.25) is 5.02 Å². The molecule has 0 aliphatic heterocycles. The van der Waals surface area contributed by atoms with Crippen molar-refractivity contribution in [2.45, 2.75) is 6.61 Å². The molecule has 2 aromatic rings. The van der Waals surface area contributed by atoms with Crippen LogP contribution < -0.4 is 4.74 Å². The Kier molecular flexibility index (Phi) is 5.00. The van der Waals surface area contributed by atoms with Crippen molar-refractivity contribution < 1.29 is 14.2 Å². The number of ether oxygens (including phenoxy) is 1. The Bertz CT molecular complexity index is 642. The lowest BCUT2D eigenvalue weighted by Gasteiger charge is -2.07. The first kappa shape index (κ1) is 14.4. The summed E-state index contributed by atoms with van der Waals surface area (Å²) >= 11 is 5.77. The van der Waals surface area contributed by atoms with E-state index in [0.29, 0.717) is 21.9 Å². The Morgan fingerprint density at radius 2 is 1.90 bits per heavy atom. The van der Waals surface area contributed by atoms with Crippen molar-refractivity contribution in [1.29, 1.82) is 0 Å². The minimum absolute atomic E-state index is 0.126. The minimum Gasteiger partial charge on any atom is -0.489 e. The van der Waals surface area contributed by atoms with E-state index in [2.05, 4.69) is 11.8 Å². The molecule has 102 valence electrons. The number of rotatable bonds is 3. The van der Waals surface area contributed by atoms with Gasteiger partial charge in [-0.2, -0.15) is 0 Å². The molecule has 0 saturated heterocycles. The maximum absolute atomic E-state index is 13.8. The van der Waals surface area contributed by atoms with Crippen LogP contribution in [0.3, 0.4) is 0 Å². The van der Waals surface area contributed by atoms with E-state index in [4.69, 9.17) is 21.4 Å². The van der Waals surface area contributed by atoms with Crippen LogP contribution in [0, 0.1) is 17.7 Å². The number of hydrogen-bond donors (Lipinski definition) is 1. The van der Waals surface area contributed by atoms with Crippen molar-refractivity contribution in [3.63, 3.8) is 0 Å². The fourth-order valence-corrected chi connectivity index (χ4v) is 1.70. The monoisotopic (exact) mass is 290 g/mol. The third-order valence-corrected chi connectivity index (χ3v) is 2.82. The average molecular weight is 291 g/mol. The van der Waals surface area contributed by atoms with Crippen LogP contribution in [0.25, 0.3) is 0 Å². The van der Waals surface area contributed by atoms with Gasteiger partial charge in [0.25, 0.3) is 0 Å². The highest BCUT2D eigenvalue weighted by atomic mass is 35.5. The third kappa shape index (κ3) is 3.99. The maximum atomic E-state index is 13.8. The first-order valence-electron chi connectivity index (χ1n) is 5.95. The largest absolute Gasteiger partial charge is 0.489 e. The predicted octanol–water partition coefficient (Wildman–Crippen LogP) is 3.40. The van der Waals surface area contributed by atoms with E-state index in [1.165, 1.54) is 6.07 Å². The Labute approximate surface area is 121 Å². The SMILES string of the molecule is OCC#Cc1ccc(COc2ccc(Cl)cc2)c(F)c1. The fourth-order valence-electron chi connectivity index (χ4n) is 1.58. The van der Waals surface area contributed by atoms with Crippen LogP contribution >= 0.6 is 11.6 Å². The lowest BCUT2D eigenvalue weighted by molar-refractivity contribution is 0.300. The zero-order valence-electron chi connectivity index (χ0n) is 10.6. The summed E-state index contributed by atoms with van der Waals surface area (Å²) in [4.78, 5) is 0. The molecule has 20 heavy (non-hydrogen) atoms. The van der Waals surface area contributed by atoms with E-state index >= 15 is 0 Å². The van der Waals surface area contributed by atoms with Crippen molar-refractivity contribution in [2.75, 3.05) is 6.61 Å². The van der Waals surface area contributed by atoms with E-state index in [1.807, 2.05) is 0 Å². The van der Waals surface area contributed by atoms with Crippen molar-refractivity contribution in [3.05, 3.63) is 64.4 Å². The summed E-state index contributed by atoms with van der Waals surface area (Å²) < 4.78 is 19.3. The summed E-state index contributed by atoms with van der Waals surface area (Å²) in [5.74, 6) is 5.35. The van der Waals surface area contributed by atoms with Crippen molar-refractivity contribution in [3.8, 4) is 17.6 Å². The molecule has 0 spiro atoms. The zero-order valence-corrected chi connectivity index (χ0v) is 11.3. The molecule has 0 unspecified atom stereocenters. The molecule has 1 N–H and O–H groups in total. The summed E-state index contributed by atoms with van der Waals surface area (Å²) in [5, 5.41) is 9.21. The van der Waals surface area contributed by atoms with Gasteiger partial charge in [0.05, 0.1) is 0 Å². The van der Waals surface area contributed by atoms with Gasteiger partial charge >= 0.3 is 0 Å². The molecule has 0 aromatic heterocycles. The zero-order chi connectivity index (χ0) is 14.4. The lowest BCUT2D eigenvalue weighted by Crippen LogP contribution is -1.98. The molecule has 2 rings (SSSR count). The third-order valence-electron chi connectivity index (χ3n) is 2.57. The summed E-state index contributed by atoms with van der Waals surface area (Å²) in [5.41, 5.74) is 0.960. The first-order chi connectivity index (χ1) is 9.69. The maximum Gasteiger partial charge on any atom is 0.131 e. The molecule has 0 fully saturated rings. The van der Waals surface area contributed by atoms with Crippen molar-refractivity contribution in [2.24, 2.45) is 0 Å². The Morgan fingerprint density at radius 3 is 2.55 bits per heavy atom. The molecule has 0 bridgehead atoms. The number of benzene rings is 2. The van der Waals surface area contributed by atoms with Crippen LogP contribution in [0.5, 0.6) is 5.75 Å². The van der Waals surface area contributed by atoms with Crippen LogP contribution in [0.15, 0.2) is 42.5 Å². The number of aliphatic hydroxyl groups is 1. The topological polar surface area (TPSA) is 29.5 Å². The average Bonchev–Trinajstić information content (AvgIpc) is 2.46. The van der Waals surface area contributed by atoms with Crippen LogP contribution in [0.1, 0.15) is 11.1 Å². The second-order valence-corrected chi connectivity index (χ2v) is 4.45. The molecule has 2 nitrogen and oxygen atoms in total. The second-order valence-electron chi connectivity index (χ2n) is 4.01. The van der Waals surface area contributed by atoms with Gasteiger partial charge in [0.15, 0.2) is 0 Å². The minimum atomic E-state index is -0.385. The van der Waals surface area contributed by atoms with Gasteiger partial charge in [-0.15, -0.1) is 0 Å². The smallest absolute Gasteiger partial charge is 0.131 e. The molecule has 0 radical (unpaired) electrons. The Hall–Kier alpha value is -2.02. The highest BCUT2D eigenvalue weighted by Gasteiger charge is 2.04. The summed E-state index contributed by atoms with van der Waals surface area (Å²) in [6.07, 6.45) is 0. The number of halogens is 2. The van der Waals surface area contributed by atoms with Gasteiger partial charge in [-0.3, -0.25) is 0 Å². The van der Waals surface area contributed by atoms with Gasteiger partial charge in [0.1, 0.15) is 24.8 Å². The fraction of sp³-hybridized carbons (Fsp3) is 0.125. The van der Waals surface area contributed by atoms with Gasteiger partial charge in [-0.05, 0) is 36.4 Å². The summed E-state index contributed by atoms with van der Waals surface area (Å²) in [6.45, 7) is -0.121. The second kappa shape index (κ2) is 6.95. The highest BCUT2D eigenvalue weighted by Crippen LogP contribution is 2.18. The van der Waals surface area contributed by atoms with Crippen molar-refractivity contribution >= 4 is 11.6 Å². The molecule has 0 atom stereocenters. The van der Waals surface area contributed by atoms with Crippen LogP contribution in [-0.4, -0.2) is 11.7 Å². The predicted molar refractivity (Wildman–Crippen MR) is 76.1 cm³/mol. The molecule has 0 aliphatic rings. The lowest BCUT2D eigenvalue weighted by atomic mass is 10.1. The Morgan fingerprint density at radius 1 is 1.15 bits per heavy atom. The van der Waals surface area contributed by atoms with Gasteiger partial charge in [-0.1, -0.05) is 29.5 Å². The molecular weight excluding hydrogens is 279 g/mol. The van der Waals surface area contributed by atoms with E-state index in [-0.39, 0.29) is 19.0 Å². The molecule has 0 aliphatic carbocycles. The van der Waals surface area contributed by atoms with Crippen LogP contribution in [0.4, 0.5) is 4.39 Å². The van der Waals surface area contributed by atoms with E-state index in [1.54, 1.807) is 36.4 Å². The van der Waals surface area contributed by atoms with Gasteiger partial charge < -0.3 is 9.84 Å². The standard InChI is InChI=1S/C16H12ClFO2/c17-14-5-7-15(8-6-14)20-11-13-4-3-12(2-1-9-19)10-16(13)18/h3-8,10,19H,9,11H2. The summed E-state index contributed by atoms with van der Waals surface area (Å²) in [6, 6.07) is 11.5. The van der Waals surface area contributed by atoms with E-state index in [9.17, 15) is 4.39 Å². The molecule has 0 amide bonds. The quantitative estimate of drug-likeness (QED) is 0.878. The normalized spacial score (nSPS) is 9.75. The molecule has 2 aromatic carbocycles. The van der Waals surface area contributed by atoms with Crippen LogP contribution in [-0.2, 0) is 6.61 Å². The van der Waals surface area contributed by atoms with E-state index in [0.717, 1.165) is 0 Å². The van der Waals surface area contributed by atoms with Gasteiger partial charge in [0.2, 0.25) is 0 Å². The van der Waals surface area contributed by atoms with Gasteiger partial charge in [0, 0.05) is 16.1 Å². The molecular formula is C16H12ClFO2. The van der Waals surface area contributed by atoms with Gasteiger partial charge in [-0.25, -0.2) is 4.39 Å². The number of aliphatic hydroxyl groups excluding tert-OH is 1. The number of hydrogen-bond acceptors (Lipinski definition) is 2. The summed E-state index contributed by atoms with van der Waals surface area (Å²) in [7, 11) is 0. The molecule has 0 saturated carbocycles. The molecule has 4 heteroatoms.